The third-order valence-electron chi connectivity index (χ3n) is 4.02. The molecule has 0 saturated heterocycles. The lowest BCUT2D eigenvalue weighted by Crippen LogP contribution is -2.24. The minimum absolute atomic E-state index is 0.0652. The topological polar surface area (TPSA) is 73.5 Å². The monoisotopic (exact) mass is 396 g/mol. The lowest BCUT2D eigenvalue weighted by atomic mass is 10.2. The van der Waals surface area contributed by atoms with Gasteiger partial charge >= 0.3 is 18.3 Å². The van der Waals surface area contributed by atoms with E-state index in [0.717, 1.165) is 0 Å². The summed E-state index contributed by atoms with van der Waals surface area (Å²) >= 11 is 6.28. The Labute approximate surface area is 157 Å². The lowest BCUT2D eigenvalue weighted by molar-refractivity contribution is -0.0498. The molecule has 1 aromatic heterocycles. The summed E-state index contributed by atoms with van der Waals surface area (Å²) in [5.74, 6) is -1.32. The largest absolute Gasteiger partial charge is 0.478 e. The highest BCUT2D eigenvalue weighted by Crippen LogP contribution is 2.31. The molecule has 0 aliphatic heterocycles. The molecule has 0 atom stereocenters. The molecule has 1 heterocycles. The van der Waals surface area contributed by atoms with Gasteiger partial charge in [-0.05, 0) is 38.1 Å². The van der Waals surface area contributed by atoms with E-state index < -0.39 is 18.3 Å². The molecule has 6 nitrogen and oxygen atoms in total. The normalized spacial score (nSPS) is 11.5. The fraction of sp³-hybridized carbons (Fsp3) is 0.222. The van der Waals surface area contributed by atoms with Crippen LogP contribution in [0, 0.1) is 0 Å². The first kappa shape index (κ1) is 18.9. The number of carboxylic acid groups (broad SMARTS) is 1. The Morgan fingerprint density at radius 3 is 2.52 bits per heavy atom. The number of alkyl halides is 2. The molecular weight excluding hydrogens is 382 g/mol. The third kappa shape index (κ3) is 3.28. The predicted molar refractivity (Wildman–Crippen MR) is 96.5 cm³/mol. The average molecular weight is 397 g/mol. The molecule has 0 bridgehead atoms. The van der Waals surface area contributed by atoms with Crippen LogP contribution in [0.1, 0.15) is 30.2 Å². The molecule has 0 spiro atoms. The first-order valence-corrected chi connectivity index (χ1v) is 8.34. The average Bonchev–Trinajstić information content (AvgIpc) is 2.87. The quantitative estimate of drug-likeness (QED) is 0.696. The summed E-state index contributed by atoms with van der Waals surface area (Å²) in [6.45, 7) is 0.512. The highest BCUT2D eigenvalue weighted by molar-refractivity contribution is 6.38. The second-order valence-electron chi connectivity index (χ2n) is 6.06. The van der Waals surface area contributed by atoms with Crippen LogP contribution in [0.25, 0.3) is 16.7 Å². The highest BCUT2D eigenvalue weighted by atomic mass is 35.5. The standard InChI is InChI=1S/C18H15ClF2N2O4/c1-9(2)22-15-13(7-6-12(14(15)19)16(24)25)23(18(22)26)10-4-3-5-11(8-10)27-17(20)21/h3-9,17H,1-2H3,(H,24,25). The van der Waals surface area contributed by atoms with E-state index in [-0.39, 0.29) is 27.9 Å². The van der Waals surface area contributed by atoms with Crippen LogP contribution in [0.2, 0.25) is 5.02 Å². The number of carbonyl (C=O) groups is 1. The van der Waals surface area contributed by atoms with Gasteiger partial charge in [-0.3, -0.25) is 9.13 Å². The van der Waals surface area contributed by atoms with Crippen LogP contribution >= 0.6 is 11.6 Å². The van der Waals surface area contributed by atoms with Gasteiger partial charge in [0.05, 0.1) is 27.3 Å². The fourth-order valence-corrected chi connectivity index (χ4v) is 3.29. The number of rotatable bonds is 5. The summed E-state index contributed by atoms with van der Waals surface area (Å²) in [4.78, 5) is 24.4. The summed E-state index contributed by atoms with van der Waals surface area (Å²) in [5.41, 5.74) is 0.306. The predicted octanol–water partition coefficient (Wildman–Crippen LogP) is 4.33. The number of nitrogens with zero attached hydrogens (tertiary/aromatic N) is 2. The Morgan fingerprint density at radius 1 is 1.22 bits per heavy atom. The molecule has 2 aromatic carbocycles. The summed E-state index contributed by atoms with van der Waals surface area (Å²) < 4.78 is 32.1. The number of imidazole rings is 1. The maximum atomic E-state index is 13.0. The van der Waals surface area contributed by atoms with E-state index in [1.165, 1.54) is 39.5 Å². The van der Waals surface area contributed by atoms with Gasteiger partial charge in [-0.25, -0.2) is 9.59 Å². The number of ether oxygens (including phenoxy) is 1. The zero-order valence-electron chi connectivity index (χ0n) is 14.3. The van der Waals surface area contributed by atoms with Gasteiger partial charge < -0.3 is 9.84 Å². The lowest BCUT2D eigenvalue weighted by Gasteiger charge is -2.09. The maximum Gasteiger partial charge on any atom is 0.387 e. The zero-order valence-corrected chi connectivity index (χ0v) is 15.1. The van der Waals surface area contributed by atoms with Gasteiger partial charge in [-0.15, -0.1) is 0 Å². The first-order valence-electron chi connectivity index (χ1n) is 7.96. The summed E-state index contributed by atoms with van der Waals surface area (Å²) in [7, 11) is 0. The van der Waals surface area contributed by atoms with Gasteiger partial charge in [0.2, 0.25) is 0 Å². The third-order valence-corrected chi connectivity index (χ3v) is 4.40. The first-order chi connectivity index (χ1) is 12.7. The maximum absolute atomic E-state index is 13.0. The van der Waals surface area contributed by atoms with Crippen molar-refractivity contribution in [2.75, 3.05) is 0 Å². The molecule has 0 aliphatic carbocycles. The van der Waals surface area contributed by atoms with Crippen molar-refractivity contribution >= 4 is 28.6 Å². The molecule has 9 heteroatoms. The van der Waals surface area contributed by atoms with Crippen molar-refractivity contribution in [3.8, 4) is 11.4 Å². The minimum Gasteiger partial charge on any atom is -0.478 e. The smallest absolute Gasteiger partial charge is 0.387 e. The number of hydrogen-bond donors (Lipinski definition) is 1. The van der Waals surface area contributed by atoms with Gasteiger partial charge in [-0.1, -0.05) is 17.7 Å². The molecule has 3 aromatic rings. The van der Waals surface area contributed by atoms with E-state index in [0.29, 0.717) is 11.2 Å². The van der Waals surface area contributed by atoms with E-state index >= 15 is 0 Å². The van der Waals surface area contributed by atoms with Crippen LogP contribution in [0.5, 0.6) is 5.75 Å². The van der Waals surface area contributed by atoms with Crippen molar-refractivity contribution in [2.45, 2.75) is 26.5 Å². The second kappa shape index (κ2) is 7.03. The molecule has 0 fully saturated rings. The molecule has 1 N–H and O–H groups in total. The van der Waals surface area contributed by atoms with Crippen molar-refractivity contribution in [3.05, 3.63) is 57.5 Å². The molecule has 27 heavy (non-hydrogen) atoms. The van der Waals surface area contributed by atoms with Crippen LogP contribution in [0.4, 0.5) is 8.78 Å². The number of halogens is 3. The molecular formula is C18H15ClF2N2O4. The number of aromatic nitrogens is 2. The van der Waals surface area contributed by atoms with E-state index in [2.05, 4.69) is 4.74 Å². The van der Waals surface area contributed by atoms with E-state index in [9.17, 15) is 23.5 Å². The van der Waals surface area contributed by atoms with Gasteiger partial charge in [0.15, 0.2) is 0 Å². The van der Waals surface area contributed by atoms with Gasteiger partial charge in [-0.2, -0.15) is 8.78 Å². The van der Waals surface area contributed by atoms with Crippen molar-refractivity contribution < 1.29 is 23.4 Å². The second-order valence-corrected chi connectivity index (χ2v) is 6.44. The van der Waals surface area contributed by atoms with Gasteiger partial charge in [0.25, 0.3) is 0 Å². The number of benzene rings is 2. The molecule has 0 radical (unpaired) electrons. The van der Waals surface area contributed by atoms with Crippen LogP contribution in [-0.4, -0.2) is 26.8 Å². The van der Waals surface area contributed by atoms with Crippen LogP contribution in [0.15, 0.2) is 41.2 Å². The SMILES string of the molecule is CC(C)n1c(=O)n(-c2cccc(OC(F)F)c2)c2ccc(C(=O)O)c(Cl)c21. The molecule has 142 valence electrons. The van der Waals surface area contributed by atoms with Gasteiger partial charge in [0.1, 0.15) is 5.75 Å². The molecule has 0 saturated carbocycles. The summed E-state index contributed by atoms with van der Waals surface area (Å²) in [5, 5.41) is 9.24. The van der Waals surface area contributed by atoms with E-state index in [4.69, 9.17) is 11.6 Å². The number of fused-ring (bicyclic) bond motifs is 1. The Balaban J connectivity index is 2.35. The van der Waals surface area contributed by atoms with Crippen LogP contribution in [-0.2, 0) is 0 Å². The Morgan fingerprint density at radius 2 is 1.93 bits per heavy atom. The highest BCUT2D eigenvalue weighted by Gasteiger charge is 2.23. The van der Waals surface area contributed by atoms with Crippen molar-refractivity contribution in [1.29, 1.82) is 0 Å². The van der Waals surface area contributed by atoms with Crippen molar-refractivity contribution in [1.82, 2.24) is 9.13 Å². The number of hydrogen-bond acceptors (Lipinski definition) is 3. The summed E-state index contributed by atoms with van der Waals surface area (Å²) in [6.07, 6.45) is 0. The van der Waals surface area contributed by atoms with E-state index in [1.807, 2.05) is 0 Å². The summed E-state index contributed by atoms with van der Waals surface area (Å²) in [6, 6.07) is 8.13. The van der Waals surface area contributed by atoms with Crippen molar-refractivity contribution in [2.24, 2.45) is 0 Å². The van der Waals surface area contributed by atoms with Gasteiger partial charge in [0, 0.05) is 12.1 Å². The Bertz CT molecular complexity index is 1090. The Kier molecular flexibility index (Phi) is 4.93. The molecule has 0 amide bonds. The molecule has 3 rings (SSSR count). The molecule has 0 unspecified atom stereocenters. The number of carboxylic acids is 1. The minimum atomic E-state index is -3.00. The zero-order chi connectivity index (χ0) is 19.9. The Hall–Kier alpha value is -2.87. The molecule has 0 aliphatic rings. The van der Waals surface area contributed by atoms with E-state index in [1.54, 1.807) is 19.9 Å². The number of aromatic carboxylic acids is 1. The van der Waals surface area contributed by atoms with Crippen LogP contribution < -0.4 is 10.4 Å². The fourth-order valence-electron chi connectivity index (χ4n) is 2.96. The van der Waals surface area contributed by atoms with Crippen molar-refractivity contribution in [3.63, 3.8) is 0 Å². The van der Waals surface area contributed by atoms with Crippen LogP contribution in [0.3, 0.4) is 0 Å².